The fourth-order valence-corrected chi connectivity index (χ4v) is 1.68. The summed E-state index contributed by atoms with van der Waals surface area (Å²) in [7, 11) is 0. The van der Waals surface area contributed by atoms with Crippen LogP contribution in [0.3, 0.4) is 0 Å². The van der Waals surface area contributed by atoms with E-state index in [0.717, 1.165) is 0 Å². The Bertz CT molecular complexity index is 296. The third-order valence-corrected chi connectivity index (χ3v) is 2.57. The standard InChI is InChI=1S/C7H3Br3O2/c8-7(9,10)4-2-1-3-5(11)6(4)12/h1-3H. The van der Waals surface area contributed by atoms with Gasteiger partial charge >= 0.3 is 0 Å². The highest BCUT2D eigenvalue weighted by Gasteiger charge is 2.33. The van der Waals surface area contributed by atoms with Crippen molar-refractivity contribution in [2.45, 2.75) is 2.14 Å². The molecule has 0 aliphatic heterocycles. The zero-order valence-electron chi connectivity index (χ0n) is 5.68. The summed E-state index contributed by atoms with van der Waals surface area (Å²) in [6.45, 7) is 0. The Labute approximate surface area is 94.5 Å². The maximum atomic E-state index is 11.2. The molecule has 64 valence electrons. The fraction of sp³-hybridized carbons (Fsp3) is 0.143. The average Bonchev–Trinajstić information content (AvgIpc) is 1.92. The van der Waals surface area contributed by atoms with E-state index < -0.39 is 13.7 Å². The number of alkyl halides is 3. The van der Waals surface area contributed by atoms with Crippen LogP contribution < -0.4 is 0 Å². The van der Waals surface area contributed by atoms with Gasteiger partial charge in [-0.15, -0.1) is 0 Å². The number of ketones is 2. The molecule has 0 heterocycles. The lowest BCUT2D eigenvalue weighted by Gasteiger charge is -2.15. The van der Waals surface area contributed by atoms with Gasteiger partial charge in [-0.25, -0.2) is 0 Å². The minimum absolute atomic E-state index is 0.343. The Balaban J connectivity index is 3.07. The summed E-state index contributed by atoms with van der Waals surface area (Å²) in [5, 5.41) is 0. The highest BCUT2D eigenvalue weighted by molar-refractivity contribution is 9.39. The highest BCUT2D eigenvalue weighted by atomic mass is 80.0. The van der Waals surface area contributed by atoms with E-state index in [9.17, 15) is 9.59 Å². The van der Waals surface area contributed by atoms with Gasteiger partial charge < -0.3 is 0 Å². The van der Waals surface area contributed by atoms with Crippen molar-refractivity contribution in [3.8, 4) is 0 Å². The second-order valence-corrected chi connectivity index (χ2v) is 8.89. The van der Waals surface area contributed by atoms with E-state index in [1.54, 1.807) is 6.08 Å². The van der Waals surface area contributed by atoms with Crippen LogP contribution in [0.25, 0.3) is 0 Å². The number of hydrogen-bond donors (Lipinski definition) is 0. The Morgan fingerprint density at radius 2 is 1.75 bits per heavy atom. The SMILES string of the molecule is O=C1C=CC=C(C(Br)(Br)Br)C1=O. The van der Waals surface area contributed by atoms with Gasteiger partial charge in [0, 0.05) is 5.57 Å². The lowest BCUT2D eigenvalue weighted by Crippen LogP contribution is -2.23. The molecule has 1 aliphatic rings. The van der Waals surface area contributed by atoms with Gasteiger partial charge in [-0.2, -0.15) is 0 Å². The summed E-state index contributed by atoms with van der Waals surface area (Å²) in [4.78, 5) is 22.1. The fourth-order valence-electron chi connectivity index (χ4n) is 0.739. The van der Waals surface area contributed by atoms with Crippen molar-refractivity contribution in [2.75, 3.05) is 0 Å². The predicted molar refractivity (Wildman–Crippen MR) is 56.7 cm³/mol. The molecule has 0 aromatic heterocycles. The lowest BCUT2D eigenvalue weighted by molar-refractivity contribution is -0.131. The monoisotopic (exact) mass is 356 g/mol. The van der Waals surface area contributed by atoms with Crippen LogP contribution in [0.15, 0.2) is 23.8 Å². The average molecular weight is 359 g/mol. The van der Waals surface area contributed by atoms with E-state index in [-0.39, 0.29) is 0 Å². The predicted octanol–water partition coefficient (Wildman–Crippen LogP) is 2.46. The van der Waals surface area contributed by atoms with Gasteiger partial charge in [-0.05, 0) is 6.08 Å². The van der Waals surface area contributed by atoms with Crippen molar-refractivity contribution < 1.29 is 9.59 Å². The quantitative estimate of drug-likeness (QED) is 0.379. The van der Waals surface area contributed by atoms with Gasteiger partial charge in [-0.3, -0.25) is 9.59 Å². The van der Waals surface area contributed by atoms with Crippen molar-refractivity contribution in [1.82, 2.24) is 0 Å². The largest absolute Gasteiger partial charge is 0.286 e. The van der Waals surface area contributed by atoms with Crippen molar-refractivity contribution in [2.24, 2.45) is 0 Å². The van der Waals surface area contributed by atoms with Crippen molar-refractivity contribution in [1.29, 1.82) is 0 Å². The van der Waals surface area contributed by atoms with Crippen LogP contribution >= 0.6 is 47.8 Å². The van der Waals surface area contributed by atoms with Crippen molar-refractivity contribution >= 4 is 59.4 Å². The summed E-state index contributed by atoms with van der Waals surface area (Å²) in [5.41, 5.74) is 0.343. The Morgan fingerprint density at radius 1 is 1.17 bits per heavy atom. The van der Waals surface area contributed by atoms with E-state index in [1.165, 1.54) is 12.2 Å². The summed E-state index contributed by atoms with van der Waals surface area (Å²) < 4.78 is -0.801. The molecule has 0 saturated heterocycles. The second-order valence-electron chi connectivity index (χ2n) is 2.13. The summed E-state index contributed by atoms with van der Waals surface area (Å²) in [6, 6.07) is 0. The van der Waals surface area contributed by atoms with E-state index in [0.29, 0.717) is 5.57 Å². The van der Waals surface area contributed by atoms with Crippen LogP contribution in [-0.4, -0.2) is 13.7 Å². The van der Waals surface area contributed by atoms with Crippen molar-refractivity contribution in [3.63, 3.8) is 0 Å². The molecule has 12 heavy (non-hydrogen) atoms. The summed E-state index contributed by atoms with van der Waals surface area (Å²) in [6.07, 6.45) is 4.35. The molecule has 0 atom stereocenters. The van der Waals surface area contributed by atoms with Crippen LogP contribution in [0.1, 0.15) is 0 Å². The molecule has 0 aromatic rings. The molecular weight excluding hydrogens is 356 g/mol. The van der Waals surface area contributed by atoms with Crippen LogP contribution in [-0.2, 0) is 9.59 Å². The number of allylic oxidation sites excluding steroid dienone is 4. The molecule has 0 N–H and O–H groups in total. The minimum atomic E-state index is -0.801. The van der Waals surface area contributed by atoms with Gasteiger partial charge in [0.2, 0.25) is 11.6 Å². The van der Waals surface area contributed by atoms with Crippen LogP contribution in [0.5, 0.6) is 0 Å². The Hall–Kier alpha value is 0.260. The number of carbonyl (C=O) groups is 2. The van der Waals surface area contributed by atoms with Gasteiger partial charge in [0.1, 0.15) is 0 Å². The van der Waals surface area contributed by atoms with Gasteiger partial charge in [0.15, 0.2) is 2.14 Å². The maximum Gasteiger partial charge on any atom is 0.232 e. The van der Waals surface area contributed by atoms with Gasteiger partial charge in [-0.1, -0.05) is 59.9 Å². The molecule has 0 saturated carbocycles. The molecule has 0 spiro atoms. The maximum absolute atomic E-state index is 11.2. The molecule has 0 bridgehead atoms. The van der Waals surface area contributed by atoms with Crippen LogP contribution in [0.4, 0.5) is 0 Å². The van der Waals surface area contributed by atoms with Gasteiger partial charge in [0.25, 0.3) is 0 Å². The Kier molecular flexibility index (Phi) is 3.06. The second kappa shape index (κ2) is 3.55. The highest BCUT2D eigenvalue weighted by Crippen LogP contribution is 2.41. The van der Waals surface area contributed by atoms with E-state index in [1.807, 2.05) is 0 Å². The molecule has 2 nitrogen and oxygen atoms in total. The van der Waals surface area contributed by atoms with Crippen LogP contribution in [0.2, 0.25) is 0 Å². The number of Topliss-reactive ketones (excluding diaryl/α,β-unsaturated/α-hetero) is 1. The van der Waals surface area contributed by atoms with Crippen molar-refractivity contribution in [3.05, 3.63) is 23.8 Å². The van der Waals surface area contributed by atoms with Crippen LogP contribution in [0, 0.1) is 0 Å². The van der Waals surface area contributed by atoms with E-state index in [4.69, 9.17) is 0 Å². The molecule has 0 aromatic carbocycles. The zero-order valence-corrected chi connectivity index (χ0v) is 10.4. The first kappa shape index (κ1) is 10.3. The van der Waals surface area contributed by atoms with E-state index in [2.05, 4.69) is 47.8 Å². The molecule has 1 rings (SSSR count). The number of carbonyl (C=O) groups excluding carboxylic acids is 2. The first-order valence-electron chi connectivity index (χ1n) is 2.97. The molecular formula is C7H3Br3O2. The molecule has 0 fully saturated rings. The molecule has 5 heteroatoms. The molecule has 1 aliphatic carbocycles. The Morgan fingerprint density at radius 3 is 2.17 bits per heavy atom. The number of halogens is 3. The number of hydrogen-bond acceptors (Lipinski definition) is 2. The normalized spacial score (nSPS) is 18.1. The summed E-state index contributed by atoms with van der Waals surface area (Å²) in [5.74, 6) is -1.02. The first-order valence-corrected chi connectivity index (χ1v) is 5.35. The minimum Gasteiger partial charge on any atom is -0.286 e. The number of rotatable bonds is 0. The topological polar surface area (TPSA) is 34.1 Å². The smallest absolute Gasteiger partial charge is 0.232 e. The molecule has 0 radical (unpaired) electrons. The van der Waals surface area contributed by atoms with E-state index >= 15 is 0 Å². The summed E-state index contributed by atoms with van der Waals surface area (Å²) >= 11 is 9.50. The first-order chi connectivity index (χ1) is 5.43. The zero-order chi connectivity index (χ0) is 9.35. The third kappa shape index (κ3) is 2.14. The molecule has 0 amide bonds. The van der Waals surface area contributed by atoms with Gasteiger partial charge in [0.05, 0.1) is 0 Å². The lowest BCUT2D eigenvalue weighted by atomic mass is 10.0. The third-order valence-electron chi connectivity index (χ3n) is 1.28. The molecule has 0 unspecified atom stereocenters.